The van der Waals surface area contributed by atoms with Crippen LogP contribution in [0.4, 0.5) is 5.69 Å². The van der Waals surface area contributed by atoms with Gasteiger partial charge in [0.25, 0.3) is 0 Å². The van der Waals surface area contributed by atoms with Crippen molar-refractivity contribution in [3.8, 4) is 0 Å². The van der Waals surface area contributed by atoms with E-state index in [4.69, 9.17) is 29.0 Å². The summed E-state index contributed by atoms with van der Waals surface area (Å²) in [5, 5.41) is 11.4. The van der Waals surface area contributed by atoms with Gasteiger partial charge in [-0.25, -0.2) is 10.6 Å². The van der Waals surface area contributed by atoms with E-state index in [0.717, 1.165) is 25.7 Å². The summed E-state index contributed by atoms with van der Waals surface area (Å²) in [6, 6.07) is 2.19. The Morgan fingerprint density at radius 1 is 1.20 bits per heavy atom. The van der Waals surface area contributed by atoms with Crippen molar-refractivity contribution in [2.45, 2.75) is 56.9 Å². The van der Waals surface area contributed by atoms with E-state index in [1.54, 1.807) is 12.1 Å². The fraction of sp³-hybridized carbons (Fsp3) is 0.556. The lowest BCUT2D eigenvalue weighted by Crippen LogP contribution is -2.51. The van der Waals surface area contributed by atoms with E-state index in [-0.39, 0.29) is 12.2 Å². The van der Waals surface area contributed by atoms with Crippen molar-refractivity contribution >= 4 is 40.6 Å². The van der Waals surface area contributed by atoms with E-state index >= 15 is 0 Å². The smallest absolute Gasteiger partial charge is 0.327 e. The largest absolute Gasteiger partial charge is 0.480 e. The van der Waals surface area contributed by atoms with E-state index in [1.165, 1.54) is 11.4 Å². The average Bonchev–Trinajstić information content (AvgIpc) is 2.56. The fourth-order valence-electron chi connectivity index (χ4n) is 4.08. The molecule has 0 amide bonds. The highest BCUT2D eigenvalue weighted by atomic mass is 35.5. The molecule has 3 rings (SSSR count). The molecule has 1 aromatic carbocycles. The van der Waals surface area contributed by atoms with Gasteiger partial charge in [0.1, 0.15) is 11.8 Å². The quantitative estimate of drug-likeness (QED) is 0.761. The Bertz CT molecular complexity index is 689. The Morgan fingerprint density at radius 2 is 1.88 bits per heavy atom. The molecule has 1 fully saturated rings. The molecule has 3 N–H and O–H groups in total. The van der Waals surface area contributed by atoms with Crippen LogP contribution in [-0.2, 0) is 9.59 Å². The number of carbonyl (C=O) groups excluding carboxylic acids is 1. The zero-order valence-electron chi connectivity index (χ0n) is 13.9. The van der Waals surface area contributed by atoms with Crippen molar-refractivity contribution in [1.82, 2.24) is 0 Å². The molecule has 2 aliphatic rings. The van der Waals surface area contributed by atoms with Gasteiger partial charge in [0.2, 0.25) is 0 Å². The minimum Gasteiger partial charge on any atom is -0.480 e. The number of anilines is 1. The molecule has 5 nitrogen and oxygen atoms in total. The van der Waals surface area contributed by atoms with Gasteiger partial charge in [-0.1, -0.05) is 55.3 Å². The second kappa shape index (κ2) is 7.52. The van der Waals surface area contributed by atoms with Crippen LogP contribution in [-0.4, -0.2) is 22.9 Å². The molecule has 7 heteroatoms. The first-order chi connectivity index (χ1) is 11.9. The Labute approximate surface area is 157 Å². The number of halogens is 2. The number of carbonyl (C=O) groups is 2. The molecule has 0 aromatic heterocycles. The van der Waals surface area contributed by atoms with Crippen LogP contribution >= 0.6 is 23.2 Å². The number of rotatable bonds is 4. The summed E-state index contributed by atoms with van der Waals surface area (Å²) >= 11 is 12.4. The van der Waals surface area contributed by atoms with E-state index in [2.05, 4.69) is 0 Å². The molecule has 1 heterocycles. The van der Waals surface area contributed by atoms with Gasteiger partial charge in [-0.05, 0) is 24.5 Å². The first kappa shape index (κ1) is 18.5. The van der Waals surface area contributed by atoms with Crippen molar-refractivity contribution < 1.29 is 14.7 Å². The SMILES string of the molecule is NN1c2cc(Cl)cc(Cl)c2[C@H](C(=O)CC2CCCCC2)C[C@H]1C(=O)O. The third kappa shape index (κ3) is 3.78. The zero-order chi connectivity index (χ0) is 18.1. The molecule has 0 saturated heterocycles. The number of hydrogen-bond donors (Lipinski definition) is 2. The first-order valence-electron chi connectivity index (χ1n) is 8.67. The second-order valence-corrected chi connectivity index (χ2v) is 7.89. The monoisotopic (exact) mass is 384 g/mol. The maximum atomic E-state index is 13.0. The number of benzene rings is 1. The zero-order valence-corrected chi connectivity index (χ0v) is 15.4. The summed E-state index contributed by atoms with van der Waals surface area (Å²) in [6.07, 6.45) is 6.26. The van der Waals surface area contributed by atoms with Crippen LogP contribution in [0.25, 0.3) is 0 Å². The Hall–Kier alpha value is -1.30. The Balaban J connectivity index is 1.93. The Morgan fingerprint density at radius 3 is 2.52 bits per heavy atom. The third-order valence-electron chi connectivity index (χ3n) is 5.38. The molecule has 1 aliphatic heterocycles. The van der Waals surface area contributed by atoms with Crippen LogP contribution < -0.4 is 10.9 Å². The summed E-state index contributed by atoms with van der Waals surface area (Å²) in [5.74, 6) is 4.83. The van der Waals surface area contributed by atoms with Crippen molar-refractivity contribution in [3.63, 3.8) is 0 Å². The summed E-state index contributed by atoms with van der Waals surface area (Å²) in [5.41, 5.74) is 1.03. The predicted molar refractivity (Wildman–Crippen MR) is 98.1 cm³/mol. The highest BCUT2D eigenvalue weighted by molar-refractivity contribution is 6.36. The van der Waals surface area contributed by atoms with Crippen LogP contribution in [0.15, 0.2) is 12.1 Å². The van der Waals surface area contributed by atoms with Crippen LogP contribution in [0.5, 0.6) is 0 Å². The van der Waals surface area contributed by atoms with Crippen molar-refractivity contribution in [1.29, 1.82) is 0 Å². The molecule has 1 saturated carbocycles. The van der Waals surface area contributed by atoms with Gasteiger partial charge in [-0.15, -0.1) is 0 Å². The molecular weight excluding hydrogens is 363 g/mol. The van der Waals surface area contributed by atoms with Gasteiger partial charge in [0.15, 0.2) is 0 Å². The topological polar surface area (TPSA) is 83.6 Å². The number of hydrogen-bond acceptors (Lipinski definition) is 4. The number of nitrogens with zero attached hydrogens (tertiary/aromatic N) is 1. The molecule has 0 unspecified atom stereocenters. The molecule has 1 aliphatic carbocycles. The van der Waals surface area contributed by atoms with E-state index in [0.29, 0.717) is 33.6 Å². The summed E-state index contributed by atoms with van der Waals surface area (Å²) < 4.78 is 0. The summed E-state index contributed by atoms with van der Waals surface area (Å²) in [6.45, 7) is 0. The predicted octanol–water partition coefficient (Wildman–Crippen LogP) is 4.15. The van der Waals surface area contributed by atoms with Gasteiger partial charge in [0.05, 0.1) is 5.69 Å². The summed E-state index contributed by atoms with van der Waals surface area (Å²) in [7, 11) is 0. The Kier molecular flexibility index (Phi) is 5.56. The highest BCUT2D eigenvalue weighted by Crippen LogP contribution is 2.44. The normalized spacial score (nSPS) is 24.0. The molecule has 2 atom stereocenters. The van der Waals surface area contributed by atoms with Gasteiger partial charge in [-0.3, -0.25) is 9.80 Å². The number of carboxylic acids is 1. The molecule has 0 radical (unpaired) electrons. The average molecular weight is 385 g/mol. The minimum atomic E-state index is -1.06. The lowest BCUT2D eigenvalue weighted by molar-refractivity contribution is -0.139. The number of fused-ring (bicyclic) bond motifs is 1. The molecule has 0 spiro atoms. The standard InChI is InChI=1S/C18H22Cl2N2O3/c19-11-7-13(20)17-12(16(23)6-10-4-2-1-3-5-10)9-15(18(24)25)22(21)14(17)8-11/h7-8,10,12,15H,1-6,9,21H2,(H,24,25)/t12-,15-/m0/s1. The fourth-order valence-corrected chi connectivity index (χ4v) is 4.70. The highest BCUT2D eigenvalue weighted by Gasteiger charge is 2.40. The van der Waals surface area contributed by atoms with Crippen LogP contribution in [0.3, 0.4) is 0 Å². The van der Waals surface area contributed by atoms with Crippen LogP contribution in [0, 0.1) is 5.92 Å². The molecule has 1 aromatic rings. The van der Waals surface area contributed by atoms with Crippen molar-refractivity contribution in [2.75, 3.05) is 5.01 Å². The van der Waals surface area contributed by atoms with Gasteiger partial charge >= 0.3 is 5.97 Å². The third-order valence-corrected chi connectivity index (χ3v) is 5.91. The number of hydrazine groups is 1. The number of Topliss-reactive ketones (excluding diaryl/α,β-unsaturated/α-hetero) is 1. The van der Waals surface area contributed by atoms with Crippen molar-refractivity contribution in [3.05, 3.63) is 27.7 Å². The van der Waals surface area contributed by atoms with Gasteiger partial charge in [0, 0.05) is 27.9 Å². The molecular formula is C18H22Cl2N2O3. The molecule has 136 valence electrons. The van der Waals surface area contributed by atoms with E-state index in [9.17, 15) is 14.7 Å². The number of ketones is 1. The maximum Gasteiger partial charge on any atom is 0.327 e. The minimum absolute atomic E-state index is 0.0525. The lowest BCUT2D eigenvalue weighted by Gasteiger charge is -2.37. The number of carboxylic acid groups (broad SMARTS) is 1. The summed E-state index contributed by atoms with van der Waals surface area (Å²) in [4.78, 5) is 24.6. The number of nitrogens with two attached hydrogens (primary N) is 1. The molecule has 25 heavy (non-hydrogen) atoms. The second-order valence-electron chi connectivity index (χ2n) is 7.04. The van der Waals surface area contributed by atoms with Gasteiger partial charge < -0.3 is 5.11 Å². The first-order valence-corrected chi connectivity index (χ1v) is 9.42. The van der Waals surface area contributed by atoms with E-state index in [1.807, 2.05) is 0 Å². The van der Waals surface area contributed by atoms with E-state index < -0.39 is 17.9 Å². The maximum absolute atomic E-state index is 13.0. The number of aliphatic carboxylic acids is 1. The van der Waals surface area contributed by atoms with Crippen molar-refractivity contribution in [2.24, 2.45) is 11.8 Å². The van der Waals surface area contributed by atoms with Crippen LogP contribution in [0.2, 0.25) is 10.0 Å². The van der Waals surface area contributed by atoms with Gasteiger partial charge in [-0.2, -0.15) is 0 Å². The molecule has 0 bridgehead atoms. The van der Waals surface area contributed by atoms with Crippen LogP contribution in [0.1, 0.15) is 56.4 Å². The lowest BCUT2D eigenvalue weighted by atomic mass is 9.78.